The van der Waals surface area contributed by atoms with Gasteiger partial charge in [-0.15, -0.1) is 0 Å². The fourth-order valence-electron chi connectivity index (χ4n) is 1.31. The lowest BCUT2D eigenvalue weighted by Crippen LogP contribution is -2.33. The topological polar surface area (TPSA) is 15.6 Å². The van der Waals surface area contributed by atoms with Crippen LogP contribution in [-0.4, -0.2) is 24.3 Å². The molecule has 0 radical (unpaired) electrons. The Balaban J connectivity index is 4.55. The molecule has 0 saturated carbocycles. The first-order valence-electron chi connectivity index (χ1n) is 5.33. The molecule has 0 unspecified atom stereocenters. The molecule has 0 N–H and O–H groups in total. The summed E-state index contributed by atoms with van der Waals surface area (Å²) in [5, 5.41) is 0. The molecule has 0 atom stereocenters. The summed E-state index contributed by atoms with van der Waals surface area (Å²) >= 11 is 0. The Hall–Kier alpha value is -0.790. The maximum absolute atomic E-state index is 4.63. The van der Waals surface area contributed by atoms with Gasteiger partial charge >= 0.3 is 0 Å². The second kappa shape index (κ2) is 5.84. The van der Waals surface area contributed by atoms with Gasteiger partial charge in [0.15, 0.2) is 0 Å². The predicted molar refractivity (Wildman–Crippen MR) is 64.6 cm³/mol. The van der Waals surface area contributed by atoms with Crippen molar-refractivity contribution in [1.29, 1.82) is 0 Å². The second-order valence-electron chi connectivity index (χ2n) is 4.60. The van der Waals surface area contributed by atoms with Crippen molar-refractivity contribution in [2.75, 3.05) is 13.6 Å². The van der Waals surface area contributed by atoms with Crippen LogP contribution in [0.25, 0.3) is 0 Å². The van der Waals surface area contributed by atoms with Gasteiger partial charge in [0.1, 0.15) is 5.84 Å². The average molecular weight is 196 g/mol. The van der Waals surface area contributed by atoms with E-state index >= 15 is 0 Å². The van der Waals surface area contributed by atoms with Crippen molar-refractivity contribution < 1.29 is 0 Å². The van der Waals surface area contributed by atoms with Crippen LogP contribution in [0.15, 0.2) is 17.8 Å². The van der Waals surface area contributed by atoms with Crippen molar-refractivity contribution in [2.45, 2.75) is 40.5 Å². The van der Waals surface area contributed by atoms with Crippen LogP contribution >= 0.6 is 0 Å². The van der Waals surface area contributed by atoms with E-state index < -0.39 is 0 Å². The van der Waals surface area contributed by atoms with Crippen LogP contribution in [0.3, 0.4) is 0 Å². The summed E-state index contributed by atoms with van der Waals surface area (Å²) in [6, 6.07) is 0. The molecule has 14 heavy (non-hydrogen) atoms. The van der Waals surface area contributed by atoms with E-state index in [0.717, 1.165) is 18.8 Å². The van der Waals surface area contributed by atoms with Gasteiger partial charge in [0.25, 0.3) is 0 Å². The maximum atomic E-state index is 4.63. The number of hydrogen-bond donors (Lipinski definition) is 0. The highest BCUT2D eigenvalue weighted by molar-refractivity contribution is 5.87. The Kier molecular flexibility index (Phi) is 5.51. The monoisotopic (exact) mass is 196 g/mol. The lowest BCUT2D eigenvalue weighted by molar-refractivity contribution is 0.500. The van der Waals surface area contributed by atoms with Gasteiger partial charge in [0, 0.05) is 19.0 Å². The smallest absolute Gasteiger partial charge is 0.108 e. The van der Waals surface area contributed by atoms with Gasteiger partial charge in [-0.25, -0.2) is 0 Å². The van der Waals surface area contributed by atoms with E-state index in [1.807, 2.05) is 18.1 Å². The van der Waals surface area contributed by atoms with E-state index in [-0.39, 0.29) is 5.41 Å². The summed E-state index contributed by atoms with van der Waals surface area (Å²) in [5.74, 6) is 1.11. The first-order valence-corrected chi connectivity index (χ1v) is 5.33. The minimum atomic E-state index is 0.0939. The van der Waals surface area contributed by atoms with Crippen molar-refractivity contribution in [1.82, 2.24) is 4.90 Å². The number of aliphatic imine (C=N–C) groups is 1. The number of amidine groups is 1. The van der Waals surface area contributed by atoms with Crippen molar-refractivity contribution in [3.05, 3.63) is 12.8 Å². The molecule has 0 aliphatic heterocycles. The van der Waals surface area contributed by atoms with Gasteiger partial charge in [-0.3, -0.25) is 4.99 Å². The summed E-state index contributed by atoms with van der Waals surface area (Å²) in [5.41, 5.74) is 0.0939. The van der Waals surface area contributed by atoms with Gasteiger partial charge in [0.2, 0.25) is 0 Å². The van der Waals surface area contributed by atoms with Crippen LogP contribution in [0.1, 0.15) is 40.5 Å². The summed E-state index contributed by atoms with van der Waals surface area (Å²) in [6.07, 6.45) is 4.17. The third kappa shape index (κ3) is 4.45. The fraction of sp³-hybridized carbons (Fsp3) is 0.750. The van der Waals surface area contributed by atoms with E-state index in [2.05, 4.69) is 39.3 Å². The molecule has 0 aromatic carbocycles. The maximum Gasteiger partial charge on any atom is 0.108 e. The van der Waals surface area contributed by atoms with Crippen LogP contribution in [0.4, 0.5) is 0 Å². The first kappa shape index (κ1) is 13.2. The number of rotatable bonds is 4. The van der Waals surface area contributed by atoms with E-state index in [4.69, 9.17) is 0 Å². The van der Waals surface area contributed by atoms with Crippen LogP contribution in [0, 0.1) is 5.41 Å². The Morgan fingerprint density at radius 1 is 1.43 bits per heavy atom. The quantitative estimate of drug-likeness (QED) is 0.382. The lowest BCUT2D eigenvalue weighted by atomic mass is 9.94. The van der Waals surface area contributed by atoms with Crippen LogP contribution in [-0.2, 0) is 0 Å². The Morgan fingerprint density at radius 3 is 2.36 bits per heavy atom. The molecule has 0 heterocycles. The number of hydrogen-bond acceptors (Lipinski definition) is 1. The molecule has 0 aliphatic rings. The molecule has 0 rings (SSSR count). The zero-order chi connectivity index (χ0) is 11.2. The summed E-state index contributed by atoms with van der Waals surface area (Å²) in [4.78, 5) is 6.64. The zero-order valence-corrected chi connectivity index (χ0v) is 10.3. The molecule has 0 spiro atoms. The summed E-state index contributed by atoms with van der Waals surface area (Å²) < 4.78 is 0. The van der Waals surface area contributed by atoms with Gasteiger partial charge in [-0.2, -0.15) is 0 Å². The highest BCUT2D eigenvalue weighted by Crippen LogP contribution is 2.18. The largest absolute Gasteiger partial charge is 0.340 e. The molecular formula is C12H24N2. The molecule has 0 aromatic rings. The SMILES string of the molecule is C=CN(C)C(=NCCCC)C(C)(C)C. The molecule has 0 fully saturated rings. The molecule has 2 heteroatoms. The first-order chi connectivity index (χ1) is 6.43. The molecule has 0 aromatic heterocycles. The van der Waals surface area contributed by atoms with E-state index in [1.54, 1.807) is 0 Å². The Morgan fingerprint density at radius 2 is 2.00 bits per heavy atom. The lowest BCUT2D eigenvalue weighted by Gasteiger charge is -2.28. The normalized spacial score (nSPS) is 12.8. The van der Waals surface area contributed by atoms with Crippen molar-refractivity contribution >= 4 is 5.84 Å². The molecule has 0 saturated heterocycles. The van der Waals surface area contributed by atoms with Crippen molar-refractivity contribution in [3.8, 4) is 0 Å². The summed E-state index contributed by atoms with van der Waals surface area (Å²) in [7, 11) is 2.00. The fourth-order valence-corrected chi connectivity index (χ4v) is 1.31. The van der Waals surface area contributed by atoms with E-state index in [9.17, 15) is 0 Å². The zero-order valence-electron chi connectivity index (χ0n) is 10.3. The van der Waals surface area contributed by atoms with Crippen LogP contribution in [0.5, 0.6) is 0 Å². The summed E-state index contributed by atoms with van der Waals surface area (Å²) in [6.45, 7) is 13.4. The Bertz CT molecular complexity index is 199. The molecule has 0 aliphatic carbocycles. The highest BCUT2D eigenvalue weighted by atomic mass is 15.2. The van der Waals surface area contributed by atoms with Crippen molar-refractivity contribution in [3.63, 3.8) is 0 Å². The third-order valence-electron chi connectivity index (χ3n) is 2.05. The molecule has 2 nitrogen and oxygen atoms in total. The molecule has 0 amide bonds. The average Bonchev–Trinajstić information content (AvgIpc) is 2.09. The van der Waals surface area contributed by atoms with Crippen LogP contribution < -0.4 is 0 Å². The molecule has 82 valence electrons. The van der Waals surface area contributed by atoms with Gasteiger partial charge < -0.3 is 4.90 Å². The van der Waals surface area contributed by atoms with Crippen molar-refractivity contribution in [2.24, 2.45) is 10.4 Å². The van der Waals surface area contributed by atoms with Gasteiger partial charge in [-0.1, -0.05) is 40.7 Å². The minimum Gasteiger partial charge on any atom is -0.340 e. The van der Waals surface area contributed by atoms with Crippen LogP contribution in [0.2, 0.25) is 0 Å². The highest BCUT2D eigenvalue weighted by Gasteiger charge is 2.20. The van der Waals surface area contributed by atoms with E-state index in [1.165, 1.54) is 6.42 Å². The van der Waals surface area contributed by atoms with Gasteiger partial charge in [-0.05, 0) is 12.6 Å². The number of nitrogens with zero attached hydrogens (tertiary/aromatic N) is 2. The van der Waals surface area contributed by atoms with Gasteiger partial charge in [0.05, 0.1) is 0 Å². The molecular weight excluding hydrogens is 172 g/mol. The standard InChI is InChI=1S/C12H24N2/c1-7-9-10-13-11(12(3,4)5)14(6)8-2/h8H,2,7,9-10H2,1,3-6H3. The minimum absolute atomic E-state index is 0.0939. The molecule has 0 bridgehead atoms. The predicted octanol–water partition coefficient (Wildman–Crippen LogP) is 3.31. The second-order valence-corrected chi connectivity index (χ2v) is 4.60. The third-order valence-corrected chi connectivity index (χ3v) is 2.05. The van der Waals surface area contributed by atoms with E-state index in [0.29, 0.717) is 0 Å². The number of unbranched alkanes of at least 4 members (excludes halogenated alkanes) is 1. The Labute approximate surface area is 88.7 Å².